The first-order valence-electron chi connectivity index (χ1n) is 10.3. The Hall–Kier alpha value is -3.61. The minimum Gasteiger partial charge on any atom is -0.383 e. The quantitative estimate of drug-likeness (QED) is 0.614. The van der Waals surface area contributed by atoms with E-state index >= 15 is 0 Å². The van der Waals surface area contributed by atoms with E-state index in [1.165, 1.54) is 15.0 Å². The Morgan fingerprint density at radius 1 is 1.10 bits per heavy atom. The molecule has 0 aliphatic rings. The van der Waals surface area contributed by atoms with Crippen molar-refractivity contribution in [3.05, 3.63) is 91.6 Å². The summed E-state index contributed by atoms with van der Waals surface area (Å²) in [5.41, 5.74) is 9.25. The number of H-pyrrole nitrogens is 1. The first-order chi connectivity index (χ1) is 14.8. The number of hydrogen-bond donors (Lipinski definition) is 2. The van der Waals surface area contributed by atoms with Crippen molar-refractivity contribution in [1.82, 2.24) is 9.55 Å². The highest BCUT2D eigenvalue weighted by molar-refractivity contribution is 5.95. The topological polar surface area (TPSA) is 101 Å². The van der Waals surface area contributed by atoms with E-state index in [9.17, 15) is 14.4 Å². The Labute approximate surface area is 181 Å². The second-order valence-corrected chi connectivity index (χ2v) is 7.63. The second kappa shape index (κ2) is 9.47. The number of anilines is 2. The van der Waals surface area contributed by atoms with E-state index in [0.29, 0.717) is 6.42 Å². The summed E-state index contributed by atoms with van der Waals surface area (Å²) in [4.78, 5) is 41.7. The Morgan fingerprint density at radius 2 is 1.81 bits per heavy atom. The van der Waals surface area contributed by atoms with Crippen molar-refractivity contribution in [3.63, 3.8) is 0 Å². The summed E-state index contributed by atoms with van der Waals surface area (Å²) in [6, 6.07) is 15.4. The van der Waals surface area contributed by atoms with Gasteiger partial charge in [0.05, 0.1) is 6.54 Å². The first-order valence-corrected chi connectivity index (χ1v) is 10.3. The first kappa shape index (κ1) is 22.1. The zero-order chi connectivity index (χ0) is 22.5. The molecular formula is C24H28N4O3. The van der Waals surface area contributed by atoms with Crippen molar-refractivity contribution in [3.8, 4) is 0 Å². The number of carbonyl (C=O) groups excluding carboxylic acids is 1. The highest BCUT2D eigenvalue weighted by Gasteiger charge is 2.23. The number of nitrogens with one attached hydrogen (secondary N) is 1. The Balaban J connectivity index is 1.89. The molecule has 0 aliphatic carbocycles. The third kappa shape index (κ3) is 4.94. The molecule has 0 fully saturated rings. The molecule has 3 N–H and O–H groups in total. The molecule has 0 saturated carbocycles. The summed E-state index contributed by atoms with van der Waals surface area (Å²) >= 11 is 0. The lowest BCUT2D eigenvalue weighted by Gasteiger charge is -2.23. The SMILES string of the molecule is CCN(C(=O)CCc1ccc(C)cc1C)c1c(N)n(Cc2ccccc2)c(=O)[nH]c1=O. The fourth-order valence-corrected chi connectivity index (χ4v) is 3.72. The molecule has 7 heteroatoms. The van der Waals surface area contributed by atoms with Crippen LogP contribution >= 0.6 is 0 Å². The van der Waals surface area contributed by atoms with Gasteiger partial charge in [-0.2, -0.15) is 0 Å². The van der Waals surface area contributed by atoms with Gasteiger partial charge in [0.1, 0.15) is 5.82 Å². The molecular weight excluding hydrogens is 392 g/mol. The maximum absolute atomic E-state index is 13.0. The van der Waals surface area contributed by atoms with E-state index in [0.717, 1.165) is 16.7 Å². The third-order valence-electron chi connectivity index (χ3n) is 5.39. The van der Waals surface area contributed by atoms with Gasteiger partial charge in [0.2, 0.25) is 5.91 Å². The van der Waals surface area contributed by atoms with Gasteiger partial charge in [0.25, 0.3) is 5.56 Å². The molecule has 0 aliphatic heterocycles. The van der Waals surface area contributed by atoms with E-state index in [-0.39, 0.29) is 36.9 Å². The zero-order valence-electron chi connectivity index (χ0n) is 18.1. The van der Waals surface area contributed by atoms with E-state index < -0.39 is 11.2 Å². The van der Waals surface area contributed by atoms with Crippen LogP contribution in [0.25, 0.3) is 0 Å². The molecule has 0 spiro atoms. The fourth-order valence-electron chi connectivity index (χ4n) is 3.72. The van der Waals surface area contributed by atoms with Crippen molar-refractivity contribution >= 4 is 17.4 Å². The Bertz CT molecular complexity index is 1200. The van der Waals surface area contributed by atoms with Crippen LogP contribution in [0, 0.1) is 13.8 Å². The van der Waals surface area contributed by atoms with Crippen molar-refractivity contribution in [1.29, 1.82) is 0 Å². The number of hydrogen-bond acceptors (Lipinski definition) is 4. The van der Waals surface area contributed by atoms with E-state index in [2.05, 4.69) is 11.1 Å². The maximum atomic E-state index is 13.0. The summed E-state index contributed by atoms with van der Waals surface area (Å²) in [5.74, 6) is -0.232. The fraction of sp³-hybridized carbons (Fsp3) is 0.292. The van der Waals surface area contributed by atoms with E-state index in [1.54, 1.807) is 6.92 Å². The molecule has 3 rings (SSSR count). The van der Waals surface area contributed by atoms with E-state index in [1.807, 2.05) is 56.3 Å². The Morgan fingerprint density at radius 3 is 2.45 bits per heavy atom. The normalized spacial score (nSPS) is 10.8. The molecule has 7 nitrogen and oxygen atoms in total. The van der Waals surface area contributed by atoms with Crippen LogP contribution in [0.1, 0.15) is 35.6 Å². The number of amides is 1. The molecule has 1 aromatic heterocycles. The van der Waals surface area contributed by atoms with Gasteiger partial charge in [-0.1, -0.05) is 54.1 Å². The number of aromatic amines is 1. The molecule has 162 valence electrons. The summed E-state index contributed by atoms with van der Waals surface area (Å²) in [5, 5.41) is 0. The van der Waals surface area contributed by atoms with Crippen LogP contribution in [0.15, 0.2) is 58.1 Å². The average molecular weight is 421 g/mol. The van der Waals surface area contributed by atoms with Gasteiger partial charge in [-0.3, -0.25) is 19.1 Å². The van der Waals surface area contributed by atoms with Crippen molar-refractivity contribution in [2.24, 2.45) is 0 Å². The smallest absolute Gasteiger partial charge is 0.330 e. The predicted octanol–water partition coefficient (Wildman–Crippen LogP) is 2.77. The highest BCUT2D eigenvalue weighted by Crippen LogP contribution is 2.20. The van der Waals surface area contributed by atoms with Crippen LogP contribution in [0.3, 0.4) is 0 Å². The number of nitrogens with two attached hydrogens (primary N) is 1. The van der Waals surface area contributed by atoms with Crippen LogP contribution in [-0.4, -0.2) is 22.0 Å². The van der Waals surface area contributed by atoms with Crippen LogP contribution < -0.4 is 21.9 Å². The number of rotatable bonds is 7. The van der Waals surface area contributed by atoms with Crippen LogP contribution in [-0.2, 0) is 17.8 Å². The Kier molecular flexibility index (Phi) is 6.74. The van der Waals surface area contributed by atoms with Gasteiger partial charge in [0.15, 0.2) is 5.69 Å². The second-order valence-electron chi connectivity index (χ2n) is 7.63. The highest BCUT2D eigenvalue weighted by atomic mass is 16.2. The lowest BCUT2D eigenvalue weighted by atomic mass is 10.0. The van der Waals surface area contributed by atoms with Gasteiger partial charge in [-0.15, -0.1) is 0 Å². The molecule has 1 amide bonds. The minimum atomic E-state index is -0.659. The van der Waals surface area contributed by atoms with Gasteiger partial charge in [-0.05, 0) is 43.9 Å². The van der Waals surface area contributed by atoms with Crippen molar-refractivity contribution < 1.29 is 4.79 Å². The van der Waals surface area contributed by atoms with E-state index in [4.69, 9.17) is 5.73 Å². The van der Waals surface area contributed by atoms with Crippen LogP contribution in [0.5, 0.6) is 0 Å². The predicted molar refractivity (Wildman–Crippen MR) is 124 cm³/mol. The largest absolute Gasteiger partial charge is 0.383 e. The summed E-state index contributed by atoms with van der Waals surface area (Å²) in [6.45, 7) is 6.29. The molecule has 0 radical (unpaired) electrons. The lowest BCUT2D eigenvalue weighted by molar-refractivity contribution is -0.118. The van der Waals surface area contributed by atoms with Gasteiger partial charge in [0, 0.05) is 13.0 Å². The molecule has 0 bridgehead atoms. The zero-order valence-corrected chi connectivity index (χ0v) is 18.1. The monoisotopic (exact) mass is 420 g/mol. The van der Waals surface area contributed by atoms with Crippen LogP contribution in [0.2, 0.25) is 0 Å². The molecule has 0 atom stereocenters. The van der Waals surface area contributed by atoms with Gasteiger partial charge < -0.3 is 10.6 Å². The average Bonchev–Trinajstić information content (AvgIpc) is 2.74. The molecule has 2 aromatic carbocycles. The van der Waals surface area contributed by atoms with Gasteiger partial charge >= 0.3 is 5.69 Å². The maximum Gasteiger partial charge on any atom is 0.330 e. The lowest BCUT2D eigenvalue weighted by Crippen LogP contribution is -2.41. The molecule has 0 unspecified atom stereocenters. The summed E-state index contributed by atoms with van der Waals surface area (Å²) in [7, 11) is 0. The minimum absolute atomic E-state index is 0.0145. The van der Waals surface area contributed by atoms with Gasteiger partial charge in [-0.25, -0.2) is 4.79 Å². The number of nitrogen functional groups attached to an aromatic ring is 1. The number of aryl methyl sites for hydroxylation is 3. The number of carbonyl (C=O) groups is 1. The van der Waals surface area contributed by atoms with Crippen molar-refractivity contribution in [2.45, 2.75) is 40.2 Å². The van der Waals surface area contributed by atoms with Crippen LogP contribution in [0.4, 0.5) is 11.5 Å². The number of benzene rings is 2. The molecule has 31 heavy (non-hydrogen) atoms. The standard InChI is InChI=1S/C24H28N4O3/c1-4-27(20(29)13-12-19-11-10-16(2)14-17(19)3)21-22(25)28(24(31)26-23(21)30)15-18-8-6-5-7-9-18/h5-11,14H,4,12-13,15,25H2,1-3H3,(H,26,30,31). The summed E-state index contributed by atoms with van der Waals surface area (Å²) in [6.07, 6.45) is 0.789. The summed E-state index contributed by atoms with van der Waals surface area (Å²) < 4.78 is 1.28. The number of aromatic nitrogens is 2. The van der Waals surface area contributed by atoms with Crippen molar-refractivity contribution in [2.75, 3.05) is 17.2 Å². The molecule has 0 saturated heterocycles. The molecule has 3 aromatic rings. The molecule has 1 heterocycles. The third-order valence-corrected chi connectivity index (χ3v) is 5.39. The number of nitrogens with zero attached hydrogens (tertiary/aromatic N) is 2.